The third-order valence-electron chi connectivity index (χ3n) is 5.82. The fourth-order valence-corrected chi connectivity index (χ4v) is 3.74. The Morgan fingerprint density at radius 2 is 1.76 bits per heavy atom. The minimum atomic E-state index is -0.0867. The van der Waals surface area contributed by atoms with Crippen molar-refractivity contribution in [3.8, 4) is 5.75 Å². The van der Waals surface area contributed by atoms with E-state index in [4.69, 9.17) is 4.74 Å². The van der Waals surface area contributed by atoms with E-state index in [1.807, 2.05) is 31.2 Å². The molecule has 1 unspecified atom stereocenters. The van der Waals surface area contributed by atoms with Gasteiger partial charge in [0, 0.05) is 32.7 Å². The second-order valence-corrected chi connectivity index (χ2v) is 7.74. The van der Waals surface area contributed by atoms with Crippen LogP contribution in [0.4, 0.5) is 0 Å². The van der Waals surface area contributed by atoms with Crippen molar-refractivity contribution >= 4 is 5.91 Å². The molecule has 0 spiro atoms. The monoisotopic (exact) mass is 395 g/mol. The summed E-state index contributed by atoms with van der Waals surface area (Å²) in [6.45, 7) is 12.2. The first kappa shape index (κ1) is 21.3. The maximum atomic E-state index is 12.4. The molecular formula is C24H33N3O2. The molecule has 2 aromatic carbocycles. The van der Waals surface area contributed by atoms with Gasteiger partial charge in [-0.25, -0.2) is 0 Å². The van der Waals surface area contributed by atoms with Crippen LogP contribution in [0.5, 0.6) is 5.75 Å². The second-order valence-electron chi connectivity index (χ2n) is 7.74. The van der Waals surface area contributed by atoms with E-state index < -0.39 is 0 Å². The fraction of sp³-hybridized carbons (Fsp3) is 0.458. The van der Waals surface area contributed by atoms with Gasteiger partial charge in [0.1, 0.15) is 5.75 Å². The molecule has 1 N–H and O–H groups in total. The predicted octanol–water partition coefficient (Wildman–Crippen LogP) is 3.18. The Hall–Kier alpha value is -2.37. The number of piperazine rings is 1. The number of hydrogen-bond acceptors (Lipinski definition) is 4. The van der Waals surface area contributed by atoms with Crippen LogP contribution < -0.4 is 10.1 Å². The van der Waals surface area contributed by atoms with Crippen LogP contribution in [0.2, 0.25) is 0 Å². The van der Waals surface area contributed by atoms with Crippen LogP contribution in [0.25, 0.3) is 0 Å². The van der Waals surface area contributed by atoms with Crippen molar-refractivity contribution in [1.82, 2.24) is 15.1 Å². The largest absolute Gasteiger partial charge is 0.484 e. The number of carbonyl (C=O) groups excluding carboxylic acids is 1. The smallest absolute Gasteiger partial charge is 0.258 e. The highest BCUT2D eigenvalue weighted by molar-refractivity contribution is 5.77. The molecule has 3 rings (SSSR count). The molecule has 0 aliphatic carbocycles. The van der Waals surface area contributed by atoms with Crippen molar-refractivity contribution in [2.24, 2.45) is 0 Å². The van der Waals surface area contributed by atoms with E-state index in [0.29, 0.717) is 6.54 Å². The van der Waals surface area contributed by atoms with Gasteiger partial charge in [-0.1, -0.05) is 43.3 Å². The Labute approximate surface area is 174 Å². The van der Waals surface area contributed by atoms with Crippen molar-refractivity contribution < 1.29 is 9.53 Å². The molecule has 1 heterocycles. The zero-order valence-electron chi connectivity index (χ0n) is 17.9. The van der Waals surface area contributed by atoms with E-state index in [-0.39, 0.29) is 18.6 Å². The zero-order valence-corrected chi connectivity index (χ0v) is 17.9. The first-order chi connectivity index (χ1) is 14.1. The van der Waals surface area contributed by atoms with E-state index in [1.165, 1.54) is 16.7 Å². The minimum absolute atomic E-state index is 0.0353. The lowest BCUT2D eigenvalue weighted by Gasteiger charge is -2.39. The van der Waals surface area contributed by atoms with Crippen LogP contribution in [0, 0.1) is 13.8 Å². The topological polar surface area (TPSA) is 44.8 Å². The standard InChI is InChI=1S/C24H33N3O2/c1-4-26-12-14-27(15-13-26)23(21-8-6-5-7-9-21)17-25-24(28)18-29-22-11-10-19(2)20(3)16-22/h5-11,16,23H,4,12-15,17-18H2,1-3H3,(H,25,28). The van der Waals surface area contributed by atoms with Crippen LogP contribution in [0.3, 0.4) is 0 Å². The predicted molar refractivity (Wildman–Crippen MR) is 117 cm³/mol. The Morgan fingerprint density at radius 1 is 1.03 bits per heavy atom. The highest BCUT2D eigenvalue weighted by Gasteiger charge is 2.25. The SMILES string of the molecule is CCN1CCN(C(CNC(=O)COc2ccc(C)c(C)c2)c2ccccc2)CC1. The maximum absolute atomic E-state index is 12.4. The Kier molecular flexibility index (Phi) is 7.67. The van der Waals surface area contributed by atoms with Crippen LogP contribution >= 0.6 is 0 Å². The van der Waals surface area contributed by atoms with Gasteiger partial charge in [-0.3, -0.25) is 9.69 Å². The molecule has 1 amide bonds. The van der Waals surface area contributed by atoms with Crippen LogP contribution in [-0.2, 0) is 4.79 Å². The first-order valence-electron chi connectivity index (χ1n) is 10.5. The summed E-state index contributed by atoms with van der Waals surface area (Å²) in [6, 6.07) is 16.5. The van der Waals surface area contributed by atoms with Gasteiger partial charge in [-0.15, -0.1) is 0 Å². The number of hydrogen-bond donors (Lipinski definition) is 1. The highest BCUT2D eigenvalue weighted by atomic mass is 16.5. The molecular weight excluding hydrogens is 362 g/mol. The maximum Gasteiger partial charge on any atom is 0.258 e. The van der Waals surface area contributed by atoms with Gasteiger partial charge in [0.25, 0.3) is 5.91 Å². The lowest BCUT2D eigenvalue weighted by molar-refractivity contribution is -0.123. The molecule has 1 saturated heterocycles. The van der Waals surface area contributed by atoms with Gasteiger partial charge in [0.2, 0.25) is 0 Å². The molecule has 1 fully saturated rings. The molecule has 2 aromatic rings. The van der Waals surface area contributed by atoms with Gasteiger partial charge in [0.15, 0.2) is 6.61 Å². The van der Waals surface area contributed by atoms with E-state index in [1.54, 1.807) is 0 Å². The molecule has 0 saturated carbocycles. The number of nitrogens with zero attached hydrogens (tertiary/aromatic N) is 2. The van der Waals surface area contributed by atoms with Crippen LogP contribution in [-0.4, -0.2) is 61.6 Å². The summed E-state index contributed by atoms with van der Waals surface area (Å²) < 4.78 is 5.68. The Balaban J connectivity index is 1.56. The van der Waals surface area contributed by atoms with Crippen molar-refractivity contribution in [2.45, 2.75) is 26.8 Å². The van der Waals surface area contributed by atoms with Gasteiger partial charge >= 0.3 is 0 Å². The summed E-state index contributed by atoms with van der Waals surface area (Å²) in [7, 11) is 0. The number of carbonyl (C=O) groups is 1. The summed E-state index contributed by atoms with van der Waals surface area (Å²) in [5.41, 5.74) is 3.63. The Morgan fingerprint density at radius 3 is 2.41 bits per heavy atom. The third kappa shape index (κ3) is 6.05. The molecule has 0 aromatic heterocycles. The lowest BCUT2D eigenvalue weighted by Crippen LogP contribution is -2.49. The summed E-state index contributed by atoms with van der Waals surface area (Å²) in [5, 5.41) is 3.08. The summed E-state index contributed by atoms with van der Waals surface area (Å²) in [6.07, 6.45) is 0. The molecule has 0 bridgehead atoms. The number of amides is 1. The summed E-state index contributed by atoms with van der Waals surface area (Å²) in [5.74, 6) is 0.648. The average molecular weight is 396 g/mol. The lowest BCUT2D eigenvalue weighted by atomic mass is 10.0. The van der Waals surface area contributed by atoms with Crippen molar-refractivity contribution in [3.05, 3.63) is 65.2 Å². The molecule has 0 radical (unpaired) electrons. The normalized spacial score (nSPS) is 16.4. The number of benzene rings is 2. The molecule has 156 valence electrons. The van der Waals surface area contributed by atoms with Gasteiger partial charge in [-0.05, 0) is 49.2 Å². The van der Waals surface area contributed by atoms with Crippen molar-refractivity contribution in [1.29, 1.82) is 0 Å². The quantitative estimate of drug-likeness (QED) is 0.746. The van der Waals surface area contributed by atoms with Gasteiger partial charge in [-0.2, -0.15) is 0 Å². The van der Waals surface area contributed by atoms with Crippen LogP contribution in [0.15, 0.2) is 48.5 Å². The van der Waals surface area contributed by atoms with Crippen molar-refractivity contribution in [2.75, 3.05) is 45.9 Å². The molecule has 5 heteroatoms. The number of likely N-dealkylation sites (N-methyl/N-ethyl adjacent to an activating group) is 1. The molecule has 1 aliphatic heterocycles. The van der Waals surface area contributed by atoms with Gasteiger partial charge < -0.3 is 15.0 Å². The summed E-state index contributed by atoms with van der Waals surface area (Å²) >= 11 is 0. The highest BCUT2D eigenvalue weighted by Crippen LogP contribution is 2.22. The molecule has 29 heavy (non-hydrogen) atoms. The molecule has 1 aliphatic rings. The van der Waals surface area contributed by atoms with E-state index in [0.717, 1.165) is 38.5 Å². The molecule has 1 atom stereocenters. The number of ether oxygens (including phenoxy) is 1. The van der Waals surface area contributed by atoms with E-state index in [2.05, 4.69) is 53.2 Å². The van der Waals surface area contributed by atoms with Crippen molar-refractivity contribution in [3.63, 3.8) is 0 Å². The van der Waals surface area contributed by atoms with E-state index >= 15 is 0 Å². The second kappa shape index (κ2) is 10.4. The zero-order chi connectivity index (χ0) is 20.6. The van der Waals surface area contributed by atoms with Crippen LogP contribution in [0.1, 0.15) is 29.7 Å². The minimum Gasteiger partial charge on any atom is -0.484 e. The first-order valence-corrected chi connectivity index (χ1v) is 10.5. The number of rotatable bonds is 8. The number of nitrogens with one attached hydrogen (secondary N) is 1. The fourth-order valence-electron chi connectivity index (χ4n) is 3.74. The average Bonchev–Trinajstić information content (AvgIpc) is 2.76. The van der Waals surface area contributed by atoms with Gasteiger partial charge in [0.05, 0.1) is 6.04 Å². The van der Waals surface area contributed by atoms with E-state index in [9.17, 15) is 4.79 Å². The molecule has 5 nitrogen and oxygen atoms in total. The number of aryl methyl sites for hydroxylation is 2. The Bertz CT molecular complexity index is 786. The third-order valence-corrected chi connectivity index (χ3v) is 5.82. The summed E-state index contributed by atoms with van der Waals surface area (Å²) in [4.78, 5) is 17.4.